The van der Waals surface area contributed by atoms with Crippen molar-refractivity contribution in [2.75, 3.05) is 18.5 Å². The van der Waals surface area contributed by atoms with Gasteiger partial charge in [0.15, 0.2) is 11.6 Å². The fraction of sp³-hybridized carbons (Fsp3) is 0.200. The lowest BCUT2D eigenvalue weighted by molar-refractivity contribution is 0.506. The van der Waals surface area contributed by atoms with Crippen LogP contribution in [0.5, 0.6) is 0 Å². The van der Waals surface area contributed by atoms with E-state index in [1.54, 1.807) is 18.1 Å². The highest BCUT2D eigenvalue weighted by molar-refractivity contribution is 7.80. The quantitative estimate of drug-likeness (QED) is 0.863. The zero-order valence-corrected chi connectivity index (χ0v) is 12.3. The molecule has 0 unspecified atom stereocenters. The van der Waals surface area contributed by atoms with Gasteiger partial charge < -0.3 is 10.6 Å². The molecule has 21 heavy (non-hydrogen) atoms. The van der Waals surface area contributed by atoms with Gasteiger partial charge >= 0.3 is 0 Å². The standard InChI is InChI=1S/C15H15F2N3S/c1-20(9-7-10-4-2-3-8-19-10)12-6-5-11(15(18)21)13(16)14(12)17/h2-6,8H,7,9H2,1H3,(H2,18,21). The van der Waals surface area contributed by atoms with Gasteiger partial charge in [-0.3, -0.25) is 4.98 Å². The third kappa shape index (κ3) is 3.52. The van der Waals surface area contributed by atoms with Crippen LogP contribution in [0.3, 0.4) is 0 Å². The third-order valence-corrected chi connectivity index (χ3v) is 3.39. The molecular weight excluding hydrogens is 292 g/mol. The number of hydrogen-bond acceptors (Lipinski definition) is 3. The molecule has 2 rings (SSSR count). The molecule has 0 saturated carbocycles. The molecule has 110 valence electrons. The first kappa shape index (κ1) is 15.3. The molecular formula is C15H15F2N3S. The largest absolute Gasteiger partial charge is 0.389 e. The van der Waals surface area contributed by atoms with E-state index in [2.05, 4.69) is 17.2 Å². The molecule has 0 radical (unpaired) electrons. The Morgan fingerprint density at radius 2 is 2.00 bits per heavy atom. The minimum atomic E-state index is -1.01. The molecule has 3 nitrogen and oxygen atoms in total. The van der Waals surface area contributed by atoms with Crippen LogP contribution in [0.2, 0.25) is 0 Å². The van der Waals surface area contributed by atoms with Crippen molar-refractivity contribution in [3.05, 3.63) is 59.4 Å². The van der Waals surface area contributed by atoms with Gasteiger partial charge in [-0.05, 0) is 24.3 Å². The highest BCUT2D eigenvalue weighted by Gasteiger charge is 2.17. The zero-order valence-electron chi connectivity index (χ0n) is 11.5. The van der Waals surface area contributed by atoms with Crippen molar-refractivity contribution in [2.24, 2.45) is 5.73 Å². The Kier molecular flexibility index (Phi) is 4.80. The fourth-order valence-electron chi connectivity index (χ4n) is 1.97. The maximum atomic E-state index is 14.1. The summed E-state index contributed by atoms with van der Waals surface area (Å²) in [7, 11) is 1.70. The summed E-state index contributed by atoms with van der Waals surface area (Å²) < 4.78 is 27.9. The first-order chi connectivity index (χ1) is 10.0. The second kappa shape index (κ2) is 6.58. The van der Waals surface area contributed by atoms with Crippen molar-refractivity contribution in [3.63, 3.8) is 0 Å². The van der Waals surface area contributed by atoms with Crippen LogP contribution in [0, 0.1) is 11.6 Å². The van der Waals surface area contributed by atoms with Crippen LogP contribution < -0.4 is 10.6 Å². The Morgan fingerprint density at radius 1 is 1.24 bits per heavy atom. The smallest absolute Gasteiger partial charge is 0.182 e. The van der Waals surface area contributed by atoms with Crippen molar-refractivity contribution in [1.82, 2.24) is 4.98 Å². The Labute approximate surface area is 127 Å². The van der Waals surface area contributed by atoms with Gasteiger partial charge in [0.2, 0.25) is 0 Å². The highest BCUT2D eigenvalue weighted by Crippen LogP contribution is 2.23. The van der Waals surface area contributed by atoms with Gasteiger partial charge in [0.05, 0.1) is 5.69 Å². The number of pyridine rings is 1. The molecule has 2 aromatic rings. The Hall–Kier alpha value is -2.08. The number of benzene rings is 1. The van der Waals surface area contributed by atoms with Gasteiger partial charge in [0, 0.05) is 37.5 Å². The molecule has 1 aromatic heterocycles. The lowest BCUT2D eigenvalue weighted by Gasteiger charge is -2.20. The van der Waals surface area contributed by atoms with E-state index < -0.39 is 11.6 Å². The van der Waals surface area contributed by atoms with Crippen molar-refractivity contribution >= 4 is 22.9 Å². The van der Waals surface area contributed by atoms with Crippen molar-refractivity contribution in [2.45, 2.75) is 6.42 Å². The molecule has 0 bridgehead atoms. The lowest BCUT2D eigenvalue weighted by atomic mass is 10.1. The molecule has 2 N–H and O–H groups in total. The number of aromatic nitrogens is 1. The summed E-state index contributed by atoms with van der Waals surface area (Å²) in [6, 6.07) is 8.48. The highest BCUT2D eigenvalue weighted by atomic mass is 32.1. The Morgan fingerprint density at radius 3 is 2.62 bits per heavy atom. The molecule has 0 spiro atoms. The molecule has 0 saturated heterocycles. The molecule has 0 atom stereocenters. The van der Waals surface area contributed by atoms with Crippen molar-refractivity contribution < 1.29 is 8.78 Å². The van der Waals surface area contributed by atoms with Crippen LogP contribution in [0.25, 0.3) is 0 Å². The van der Waals surface area contributed by atoms with E-state index >= 15 is 0 Å². The van der Waals surface area contributed by atoms with Crippen LogP contribution in [0.1, 0.15) is 11.3 Å². The van der Waals surface area contributed by atoms with Crippen LogP contribution in [-0.4, -0.2) is 23.6 Å². The number of halogens is 2. The average Bonchev–Trinajstić information content (AvgIpc) is 2.48. The molecule has 1 heterocycles. The maximum absolute atomic E-state index is 14.1. The van der Waals surface area contributed by atoms with Gasteiger partial charge in [-0.15, -0.1) is 0 Å². The number of nitrogens with zero attached hydrogens (tertiary/aromatic N) is 2. The molecule has 0 amide bonds. The van der Waals surface area contributed by atoms with Gasteiger partial charge in [0.1, 0.15) is 4.99 Å². The summed E-state index contributed by atoms with van der Waals surface area (Å²) >= 11 is 4.68. The first-order valence-corrected chi connectivity index (χ1v) is 6.80. The van der Waals surface area contributed by atoms with Crippen LogP contribution in [0.15, 0.2) is 36.5 Å². The third-order valence-electron chi connectivity index (χ3n) is 3.17. The van der Waals surface area contributed by atoms with Gasteiger partial charge in [0.25, 0.3) is 0 Å². The summed E-state index contributed by atoms with van der Waals surface area (Å²) in [4.78, 5) is 5.67. The summed E-state index contributed by atoms with van der Waals surface area (Å²) in [6.45, 7) is 0.514. The van der Waals surface area contributed by atoms with E-state index in [0.717, 1.165) is 5.69 Å². The van der Waals surface area contributed by atoms with Crippen molar-refractivity contribution in [3.8, 4) is 0 Å². The molecule has 0 fully saturated rings. The predicted molar refractivity (Wildman–Crippen MR) is 83.5 cm³/mol. The average molecular weight is 307 g/mol. The summed E-state index contributed by atoms with van der Waals surface area (Å²) in [5.41, 5.74) is 6.33. The number of likely N-dealkylation sites (N-methyl/N-ethyl adjacent to an activating group) is 1. The fourth-order valence-corrected chi connectivity index (χ4v) is 2.13. The minimum Gasteiger partial charge on any atom is -0.389 e. The molecule has 0 aliphatic heterocycles. The monoisotopic (exact) mass is 307 g/mol. The number of thiocarbonyl (C=S) groups is 1. The molecule has 1 aromatic carbocycles. The summed E-state index contributed by atoms with van der Waals surface area (Å²) in [6.07, 6.45) is 2.34. The molecule has 0 aliphatic carbocycles. The van der Waals surface area contributed by atoms with Crippen LogP contribution >= 0.6 is 12.2 Å². The van der Waals surface area contributed by atoms with Gasteiger partial charge in [-0.1, -0.05) is 18.3 Å². The number of nitrogens with two attached hydrogens (primary N) is 1. The van der Waals surface area contributed by atoms with E-state index in [-0.39, 0.29) is 16.2 Å². The normalized spacial score (nSPS) is 10.4. The number of anilines is 1. The van der Waals surface area contributed by atoms with E-state index in [4.69, 9.17) is 5.73 Å². The Bertz CT molecular complexity index is 647. The van der Waals surface area contributed by atoms with E-state index in [9.17, 15) is 8.78 Å². The molecule has 6 heteroatoms. The second-order valence-electron chi connectivity index (χ2n) is 4.62. The van der Waals surface area contributed by atoms with Crippen LogP contribution in [-0.2, 0) is 6.42 Å². The Balaban J connectivity index is 2.14. The predicted octanol–water partition coefficient (Wildman–Crippen LogP) is 2.67. The zero-order chi connectivity index (χ0) is 15.4. The maximum Gasteiger partial charge on any atom is 0.182 e. The summed E-state index contributed by atoms with van der Waals surface area (Å²) in [5, 5.41) is 0. The van der Waals surface area contributed by atoms with E-state index in [1.165, 1.54) is 12.1 Å². The van der Waals surface area contributed by atoms with E-state index in [1.807, 2.05) is 18.2 Å². The minimum absolute atomic E-state index is 0.0793. The van der Waals surface area contributed by atoms with Gasteiger partial charge in [-0.2, -0.15) is 0 Å². The molecule has 0 aliphatic rings. The second-order valence-corrected chi connectivity index (χ2v) is 5.06. The first-order valence-electron chi connectivity index (χ1n) is 6.39. The van der Waals surface area contributed by atoms with E-state index in [0.29, 0.717) is 13.0 Å². The van der Waals surface area contributed by atoms with Crippen molar-refractivity contribution in [1.29, 1.82) is 0 Å². The summed E-state index contributed by atoms with van der Waals surface area (Å²) in [5.74, 6) is -1.95. The lowest BCUT2D eigenvalue weighted by Crippen LogP contribution is -2.23. The number of hydrogen-bond donors (Lipinski definition) is 1. The topological polar surface area (TPSA) is 42.2 Å². The van der Waals surface area contributed by atoms with Crippen LogP contribution in [0.4, 0.5) is 14.5 Å². The SMILES string of the molecule is CN(CCc1ccccn1)c1ccc(C(N)=S)c(F)c1F. The number of rotatable bonds is 5. The van der Waals surface area contributed by atoms with Gasteiger partial charge in [-0.25, -0.2) is 8.78 Å².